The van der Waals surface area contributed by atoms with Gasteiger partial charge in [0, 0.05) is 19.4 Å². The molecule has 0 radical (unpaired) electrons. The van der Waals surface area contributed by atoms with Gasteiger partial charge in [0.2, 0.25) is 12.3 Å². The number of methoxy groups -OCH3 is 1. The third-order valence-electron chi connectivity index (χ3n) is 2.62. The second-order valence-corrected chi connectivity index (χ2v) is 3.43. The Hall–Kier alpha value is -0.610. The highest BCUT2D eigenvalue weighted by Crippen LogP contribution is 2.33. The maximum Gasteiger partial charge on any atom is 0.242 e. The number of carbonyl (C=O) groups excluding carboxylic acids is 1. The molecule has 0 bridgehead atoms. The number of nitrogens with zero attached hydrogens (tertiary/aromatic N) is 1. The summed E-state index contributed by atoms with van der Waals surface area (Å²) in [7, 11) is 1.56. The summed E-state index contributed by atoms with van der Waals surface area (Å²) in [6, 6.07) is 0.344. The third kappa shape index (κ3) is 0.949. The molecule has 2 heterocycles. The van der Waals surface area contributed by atoms with Crippen LogP contribution in [-0.4, -0.2) is 37.0 Å². The van der Waals surface area contributed by atoms with E-state index in [0.29, 0.717) is 25.0 Å². The monoisotopic (exact) mass is 171 g/mol. The van der Waals surface area contributed by atoms with Crippen LogP contribution in [0.25, 0.3) is 0 Å². The van der Waals surface area contributed by atoms with Gasteiger partial charge in [-0.2, -0.15) is 0 Å². The van der Waals surface area contributed by atoms with E-state index < -0.39 is 6.41 Å². The second kappa shape index (κ2) is 2.71. The van der Waals surface area contributed by atoms with Crippen LogP contribution in [-0.2, 0) is 14.3 Å². The number of rotatable bonds is 1. The Bertz CT molecular complexity index is 204. The Kier molecular flexibility index (Phi) is 1.81. The minimum Gasteiger partial charge on any atom is -0.338 e. The van der Waals surface area contributed by atoms with E-state index in [1.54, 1.807) is 12.0 Å². The maximum absolute atomic E-state index is 11.1. The Balaban J connectivity index is 2.08. The van der Waals surface area contributed by atoms with Crippen LogP contribution < -0.4 is 0 Å². The minimum atomic E-state index is -0.438. The Morgan fingerprint density at radius 1 is 1.67 bits per heavy atom. The summed E-state index contributed by atoms with van der Waals surface area (Å²) in [5.41, 5.74) is 0. The highest BCUT2D eigenvalue weighted by atomic mass is 16.7. The van der Waals surface area contributed by atoms with Gasteiger partial charge in [-0.15, -0.1) is 0 Å². The van der Waals surface area contributed by atoms with Gasteiger partial charge in [-0.25, -0.2) is 0 Å². The molecule has 0 N–H and O–H groups in total. The zero-order chi connectivity index (χ0) is 8.72. The molecule has 0 aliphatic carbocycles. The van der Waals surface area contributed by atoms with E-state index in [-0.39, 0.29) is 5.91 Å². The van der Waals surface area contributed by atoms with Crippen LogP contribution in [0.4, 0.5) is 0 Å². The van der Waals surface area contributed by atoms with Gasteiger partial charge in [-0.05, 0) is 0 Å². The second-order valence-electron chi connectivity index (χ2n) is 3.43. The molecule has 0 aromatic rings. The normalized spacial score (nSPS) is 40.7. The molecule has 3 unspecified atom stereocenters. The van der Waals surface area contributed by atoms with Crippen LogP contribution in [0.2, 0.25) is 0 Å². The maximum atomic E-state index is 11.1. The molecule has 2 saturated heterocycles. The first-order valence-electron chi connectivity index (χ1n) is 4.19. The number of hydrogen-bond donors (Lipinski definition) is 0. The molecule has 0 spiro atoms. The van der Waals surface area contributed by atoms with Crippen LogP contribution in [0.3, 0.4) is 0 Å². The molecule has 4 heteroatoms. The lowest BCUT2D eigenvalue weighted by Gasteiger charge is -2.50. The molecule has 0 aromatic carbocycles. The lowest BCUT2D eigenvalue weighted by atomic mass is 9.89. The topological polar surface area (TPSA) is 38.8 Å². The molecule has 0 saturated carbocycles. The van der Waals surface area contributed by atoms with Crippen molar-refractivity contribution in [1.82, 2.24) is 4.90 Å². The van der Waals surface area contributed by atoms with Crippen LogP contribution in [0.15, 0.2) is 0 Å². The van der Waals surface area contributed by atoms with Crippen molar-refractivity contribution in [3.63, 3.8) is 0 Å². The molecular weight excluding hydrogens is 158 g/mol. The number of β-lactam (4-membered cyclic amide) rings is 1. The summed E-state index contributed by atoms with van der Waals surface area (Å²) < 4.78 is 10.4. The van der Waals surface area contributed by atoms with E-state index in [1.807, 2.05) is 0 Å². The van der Waals surface area contributed by atoms with Gasteiger partial charge in [0.1, 0.15) is 0 Å². The Labute approximate surface area is 71.4 Å². The lowest BCUT2D eigenvalue weighted by molar-refractivity contribution is -0.273. The molecule has 0 aromatic heterocycles. The fourth-order valence-corrected chi connectivity index (χ4v) is 1.81. The standard InChI is InChI=1S/C8H13NO3/c1-5-4-12-8(11-2)9-6(5)3-7(9)10/h5-6,8H,3-4H2,1-2H3. The van der Waals surface area contributed by atoms with Gasteiger partial charge in [0.25, 0.3) is 0 Å². The first kappa shape index (κ1) is 8.01. The number of hydrogen-bond acceptors (Lipinski definition) is 3. The van der Waals surface area contributed by atoms with Crippen molar-refractivity contribution in [3.05, 3.63) is 0 Å². The van der Waals surface area contributed by atoms with Crippen molar-refractivity contribution in [1.29, 1.82) is 0 Å². The predicted molar refractivity (Wildman–Crippen MR) is 41.2 cm³/mol. The fourth-order valence-electron chi connectivity index (χ4n) is 1.81. The van der Waals surface area contributed by atoms with E-state index in [9.17, 15) is 4.79 Å². The van der Waals surface area contributed by atoms with Gasteiger partial charge in [0.15, 0.2) is 0 Å². The number of amides is 1. The SMILES string of the molecule is COC1OCC(C)C2CC(=O)N12. The number of carbonyl (C=O) groups is 1. The lowest BCUT2D eigenvalue weighted by Crippen LogP contribution is -2.65. The number of fused-ring (bicyclic) bond motifs is 1. The van der Waals surface area contributed by atoms with Gasteiger partial charge >= 0.3 is 0 Å². The van der Waals surface area contributed by atoms with E-state index >= 15 is 0 Å². The van der Waals surface area contributed by atoms with Crippen LogP contribution in [0.1, 0.15) is 13.3 Å². The van der Waals surface area contributed by atoms with E-state index in [4.69, 9.17) is 9.47 Å². The first-order valence-corrected chi connectivity index (χ1v) is 4.19. The van der Waals surface area contributed by atoms with Gasteiger partial charge in [-0.3, -0.25) is 9.69 Å². The van der Waals surface area contributed by atoms with Crippen molar-refractivity contribution in [2.75, 3.05) is 13.7 Å². The summed E-state index contributed by atoms with van der Waals surface area (Å²) in [6.45, 7) is 2.78. The third-order valence-corrected chi connectivity index (χ3v) is 2.62. The average molecular weight is 171 g/mol. The molecule has 4 nitrogen and oxygen atoms in total. The van der Waals surface area contributed by atoms with Gasteiger partial charge < -0.3 is 9.47 Å². The molecule has 68 valence electrons. The largest absolute Gasteiger partial charge is 0.338 e. The molecule has 1 amide bonds. The van der Waals surface area contributed by atoms with Crippen LogP contribution in [0, 0.1) is 5.92 Å². The highest BCUT2D eigenvalue weighted by molar-refractivity contribution is 5.83. The fraction of sp³-hybridized carbons (Fsp3) is 0.875. The molecular formula is C8H13NO3. The first-order chi connectivity index (χ1) is 5.74. The van der Waals surface area contributed by atoms with E-state index in [2.05, 4.69) is 6.92 Å². The van der Waals surface area contributed by atoms with Gasteiger partial charge in [-0.1, -0.05) is 6.92 Å². The zero-order valence-electron chi connectivity index (χ0n) is 7.32. The van der Waals surface area contributed by atoms with Crippen molar-refractivity contribution in [2.24, 2.45) is 5.92 Å². The molecule has 2 rings (SSSR count). The van der Waals surface area contributed by atoms with Crippen molar-refractivity contribution in [2.45, 2.75) is 25.8 Å². The predicted octanol–water partition coefficient (Wildman–Crippen LogP) is 0.184. The molecule has 12 heavy (non-hydrogen) atoms. The molecule has 2 aliphatic rings. The highest BCUT2D eigenvalue weighted by Gasteiger charge is 2.47. The summed E-state index contributed by atoms with van der Waals surface area (Å²) in [6.07, 6.45) is 0.220. The summed E-state index contributed by atoms with van der Waals surface area (Å²) >= 11 is 0. The van der Waals surface area contributed by atoms with Crippen molar-refractivity contribution >= 4 is 5.91 Å². The van der Waals surface area contributed by atoms with E-state index in [1.165, 1.54) is 0 Å². The zero-order valence-corrected chi connectivity index (χ0v) is 7.32. The molecule has 3 atom stereocenters. The van der Waals surface area contributed by atoms with Crippen molar-refractivity contribution in [3.8, 4) is 0 Å². The quantitative estimate of drug-likeness (QED) is 0.528. The average Bonchev–Trinajstić information content (AvgIpc) is 2.06. The smallest absolute Gasteiger partial charge is 0.242 e. The molecule has 2 aliphatic heterocycles. The van der Waals surface area contributed by atoms with Crippen LogP contribution >= 0.6 is 0 Å². The Morgan fingerprint density at radius 3 is 3.00 bits per heavy atom. The van der Waals surface area contributed by atoms with Gasteiger partial charge in [0.05, 0.1) is 12.6 Å². The van der Waals surface area contributed by atoms with Crippen molar-refractivity contribution < 1.29 is 14.3 Å². The summed E-state index contributed by atoms with van der Waals surface area (Å²) in [5.74, 6) is 0.576. The summed E-state index contributed by atoms with van der Waals surface area (Å²) in [4.78, 5) is 12.8. The van der Waals surface area contributed by atoms with Crippen LogP contribution in [0.5, 0.6) is 0 Å². The minimum absolute atomic E-state index is 0.137. The summed E-state index contributed by atoms with van der Waals surface area (Å²) in [5, 5.41) is 0. The Morgan fingerprint density at radius 2 is 2.42 bits per heavy atom. The number of ether oxygens (including phenoxy) is 2. The molecule has 2 fully saturated rings. The van der Waals surface area contributed by atoms with E-state index in [0.717, 1.165) is 0 Å².